The Morgan fingerprint density at radius 1 is 0.500 bits per heavy atom. The van der Waals surface area contributed by atoms with E-state index in [1.54, 1.807) is 11.1 Å². The highest BCUT2D eigenvalue weighted by atomic mass is 14.7. The lowest BCUT2D eigenvalue weighted by molar-refractivity contribution is 0.708. The van der Waals surface area contributed by atoms with Crippen molar-refractivity contribution in [3.05, 3.63) is 71.0 Å². The highest BCUT2D eigenvalue weighted by molar-refractivity contribution is 5.85. The third-order valence-electron chi connectivity index (χ3n) is 6.01. The van der Waals surface area contributed by atoms with E-state index < -0.39 is 0 Å². The molecule has 0 radical (unpaired) electrons. The summed E-state index contributed by atoms with van der Waals surface area (Å²) in [5.41, 5.74) is 8.73. The maximum Gasteiger partial charge on any atom is 0.0458 e. The summed E-state index contributed by atoms with van der Waals surface area (Å²) in [4.78, 5) is 7.03. The molecule has 2 heteroatoms. The number of H-pyrrole nitrogens is 2. The predicted molar refractivity (Wildman–Crippen MR) is 110 cm³/mol. The predicted octanol–water partition coefficient (Wildman–Crippen LogP) is 6.09. The van der Waals surface area contributed by atoms with E-state index in [0.29, 0.717) is 0 Å². The smallest absolute Gasteiger partial charge is 0.0458 e. The lowest BCUT2D eigenvalue weighted by Crippen LogP contribution is -1.86. The summed E-state index contributed by atoms with van der Waals surface area (Å²) in [6, 6.07) is 17.3. The molecule has 0 fully saturated rings. The van der Waals surface area contributed by atoms with Gasteiger partial charge >= 0.3 is 0 Å². The molecule has 132 valence electrons. The molecule has 2 aliphatic carbocycles. The molecule has 2 nitrogen and oxygen atoms in total. The number of nitrogens with one attached hydrogen (secondary N) is 2. The molecule has 0 unspecified atom stereocenters. The summed E-state index contributed by atoms with van der Waals surface area (Å²) in [6.45, 7) is 0. The first-order chi connectivity index (χ1) is 12.9. The van der Waals surface area contributed by atoms with Gasteiger partial charge in [-0.05, 0) is 68.2 Å². The van der Waals surface area contributed by atoms with Crippen LogP contribution in [0.4, 0.5) is 0 Å². The maximum atomic E-state index is 3.56. The van der Waals surface area contributed by atoms with Crippen molar-refractivity contribution in [2.45, 2.75) is 51.4 Å². The van der Waals surface area contributed by atoms with E-state index in [0.717, 1.165) is 0 Å². The lowest BCUT2D eigenvalue weighted by atomic mass is 10.1. The van der Waals surface area contributed by atoms with Gasteiger partial charge in [0.05, 0.1) is 0 Å². The summed E-state index contributed by atoms with van der Waals surface area (Å²) >= 11 is 0. The summed E-state index contributed by atoms with van der Waals surface area (Å²) in [6.07, 6.45) is 10.4. The van der Waals surface area contributed by atoms with Crippen LogP contribution in [0.15, 0.2) is 48.5 Å². The molecule has 0 bridgehead atoms. The molecule has 0 atom stereocenters. The maximum absolute atomic E-state index is 3.56. The summed E-state index contributed by atoms with van der Waals surface area (Å²) < 4.78 is 0. The number of aromatic amines is 2. The number of rotatable bonds is 0. The molecule has 2 N–H and O–H groups in total. The van der Waals surface area contributed by atoms with Gasteiger partial charge in [-0.1, -0.05) is 42.8 Å². The van der Waals surface area contributed by atoms with Gasteiger partial charge in [-0.15, -0.1) is 0 Å². The van der Waals surface area contributed by atoms with Crippen molar-refractivity contribution in [1.82, 2.24) is 9.97 Å². The van der Waals surface area contributed by atoms with Crippen LogP contribution in [0.1, 0.15) is 48.2 Å². The van der Waals surface area contributed by atoms with E-state index in [2.05, 4.69) is 58.5 Å². The standard InChI is InChI=1S/C13H15N.C11H11N/c1-2-6-10-11-7-4-5-9-13(11)14-12(10)8-3-1;1-2-6-10-8(4-1)9-5-3-7-11(9)12-10/h4-5,7,9,14H,1-3,6,8H2;1-2,4,6,12H,3,5,7H2. The molecule has 2 aliphatic rings. The van der Waals surface area contributed by atoms with Crippen LogP contribution in [0, 0.1) is 0 Å². The van der Waals surface area contributed by atoms with Gasteiger partial charge in [-0.2, -0.15) is 0 Å². The Balaban J connectivity index is 0.000000117. The Morgan fingerprint density at radius 3 is 1.65 bits per heavy atom. The highest BCUT2D eigenvalue weighted by Crippen LogP contribution is 2.29. The molecule has 2 aromatic heterocycles. The molecule has 2 heterocycles. The average molecular weight is 342 g/mol. The molecule has 4 aromatic rings. The lowest BCUT2D eigenvalue weighted by Gasteiger charge is -1.96. The molecule has 0 saturated carbocycles. The largest absolute Gasteiger partial charge is 0.358 e. The Labute approximate surface area is 154 Å². The van der Waals surface area contributed by atoms with Crippen LogP contribution >= 0.6 is 0 Å². The van der Waals surface area contributed by atoms with E-state index >= 15 is 0 Å². The number of hydrogen-bond donors (Lipinski definition) is 2. The highest BCUT2D eigenvalue weighted by Gasteiger charge is 2.15. The van der Waals surface area contributed by atoms with Crippen molar-refractivity contribution in [3.8, 4) is 0 Å². The zero-order valence-electron chi connectivity index (χ0n) is 15.3. The monoisotopic (exact) mass is 342 g/mol. The van der Waals surface area contributed by atoms with E-state index in [1.807, 2.05) is 0 Å². The minimum Gasteiger partial charge on any atom is -0.358 e. The van der Waals surface area contributed by atoms with Gasteiger partial charge in [-0.25, -0.2) is 0 Å². The third-order valence-corrected chi connectivity index (χ3v) is 6.01. The van der Waals surface area contributed by atoms with Crippen molar-refractivity contribution in [2.24, 2.45) is 0 Å². The van der Waals surface area contributed by atoms with Crippen LogP contribution in [0.3, 0.4) is 0 Å². The quantitative estimate of drug-likeness (QED) is 0.362. The first-order valence-corrected chi connectivity index (χ1v) is 10.1. The Hall–Kier alpha value is -2.48. The van der Waals surface area contributed by atoms with Crippen molar-refractivity contribution in [1.29, 1.82) is 0 Å². The SMILES string of the molecule is c1ccc2c3c([nH]c2c1)CCC3.c1ccc2c3c([nH]c2c1)CCCCC3. The van der Waals surface area contributed by atoms with Crippen molar-refractivity contribution in [3.63, 3.8) is 0 Å². The van der Waals surface area contributed by atoms with E-state index in [-0.39, 0.29) is 0 Å². The molecular weight excluding hydrogens is 316 g/mol. The van der Waals surface area contributed by atoms with Crippen LogP contribution in [-0.2, 0) is 25.7 Å². The van der Waals surface area contributed by atoms with Gasteiger partial charge in [-0.3, -0.25) is 0 Å². The number of aryl methyl sites for hydroxylation is 4. The van der Waals surface area contributed by atoms with Gasteiger partial charge in [0.15, 0.2) is 0 Å². The first kappa shape index (κ1) is 15.7. The molecule has 26 heavy (non-hydrogen) atoms. The Bertz CT molecular complexity index is 1050. The number of aromatic nitrogens is 2. The van der Waals surface area contributed by atoms with Crippen LogP contribution in [0.5, 0.6) is 0 Å². The molecule has 2 aromatic carbocycles. The van der Waals surface area contributed by atoms with Crippen molar-refractivity contribution in [2.75, 3.05) is 0 Å². The molecular formula is C24H26N2. The summed E-state index contributed by atoms with van der Waals surface area (Å²) in [5, 5.41) is 2.88. The third kappa shape index (κ3) is 2.74. The normalized spacial score (nSPS) is 16.0. The van der Waals surface area contributed by atoms with Crippen LogP contribution in [0.25, 0.3) is 21.8 Å². The average Bonchev–Trinajstić information content (AvgIpc) is 3.31. The Kier molecular flexibility index (Phi) is 4.05. The zero-order chi connectivity index (χ0) is 17.3. The van der Waals surface area contributed by atoms with Crippen molar-refractivity contribution >= 4 is 21.8 Å². The van der Waals surface area contributed by atoms with Gasteiger partial charge in [0.25, 0.3) is 0 Å². The molecule has 0 saturated heterocycles. The molecule has 6 rings (SSSR count). The van der Waals surface area contributed by atoms with Crippen molar-refractivity contribution < 1.29 is 0 Å². The van der Waals surface area contributed by atoms with E-state index in [1.165, 1.54) is 84.6 Å². The fourth-order valence-corrected chi connectivity index (χ4v) is 4.73. The van der Waals surface area contributed by atoms with E-state index in [4.69, 9.17) is 0 Å². The van der Waals surface area contributed by atoms with Crippen LogP contribution in [-0.4, -0.2) is 9.97 Å². The topological polar surface area (TPSA) is 31.6 Å². The summed E-state index contributed by atoms with van der Waals surface area (Å²) in [5.74, 6) is 0. The molecule has 0 spiro atoms. The number of para-hydroxylation sites is 2. The fourth-order valence-electron chi connectivity index (χ4n) is 4.73. The van der Waals surface area contributed by atoms with E-state index in [9.17, 15) is 0 Å². The van der Waals surface area contributed by atoms with Gasteiger partial charge in [0.2, 0.25) is 0 Å². The minimum absolute atomic E-state index is 1.24. The number of fused-ring (bicyclic) bond motifs is 6. The number of hydrogen-bond acceptors (Lipinski definition) is 0. The fraction of sp³-hybridized carbons (Fsp3) is 0.333. The summed E-state index contributed by atoms with van der Waals surface area (Å²) in [7, 11) is 0. The van der Waals surface area contributed by atoms with Gasteiger partial charge in [0.1, 0.15) is 0 Å². The van der Waals surface area contributed by atoms with Crippen LogP contribution in [0.2, 0.25) is 0 Å². The Morgan fingerprint density at radius 2 is 1.00 bits per heavy atom. The zero-order valence-corrected chi connectivity index (χ0v) is 15.3. The second-order valence-electron chi connectivity index (χ2n) is 7.67. The molecule has 0 amide bonds. The number of benzene rings is 2. The second kappa shape index (κ2) is 6.68. The first-order valence-electron chi connectivity index (χ1n) is 10.1. The van der Waals surface area contributed by atoms with Gasteiger partial charge in [0, 0.05) is 33.2 Å². The van der Waals surface area contributed by atoms with Crippen LogP contribution < -0.4 is 0 Å². The van der Waals surface area contributed by atoms with Gasteiger partial charge < -0.3 is 9.97 Å². The molecule has 0 aliphatic heterocycles. The second-order valence-corrected chi connectivity index (χ2v) is 7.67. The minimum atomic E-state index is 1.24.